The van der Waals surface area contributed by atoms with Crippen LogP contribution in [0.4, 0.5) is 0 Å². The number of aliphatic hydroxyl groups excluding tert-OH is 1. The van der Waals surface area contributed by atoms with E-state index in [1.807, 2.05) is 0 Å². The van der Waals surface area contributed by atoms with Gasteiger partial charge in [-0.25, -0.2) is 0 Å². The zero-order valence-corrected chi connectivity index (χ0v) is 18.4. The van der Waals surface area contributed by atoms with Gasteiger partial charge in [0.05, 0.1) is 19.3 Å². The lowest BCUT2D eigenvalue weighted by Gasteiger charge is -2.56. The molecule has 0 spiro atoms. The molecule has 3 aliphatic rings. The molecule has 156 valence electrons. The quantitative estimate of drug-likeness (QED) is 0.563. The standard InChI is InChI=1S/C25H39NO2/c1-17(2)12-19-6-8-20(9-7-19)18(3)26-14-23(27)16-28-15-21-10-11-22-13-24(21)25(22,4)5/h6-10,17-18,22-24,26-27H,11-16H2,1-5H3/t18-,22-,23+,24-/m0/s1. The first-order chi connectivity index (χ1) is 13.3. The summed E-state index contributed by atoms with van der Waals surface area (Å²) >= 11 is 0. The summed E-state index contributed by atoms with van der Waals surface area (Å²) in [6, 6.07) is 9.05. The van der Waals surface area contributed by atoms with Crippen LogP contribution in [-0.4, -0.2) is 31.0 Å². The van der Waals surface area contributed by atoms with Crippen molar-refractivity contribution in [3.63, 3.8) is 0 Å². The van der Waals surface area contributed by atoms with Crippen molar-refractivity contribution in [2.24, 2.45) is 23.2 Å². The number of rotatable bonds is 10. The number of fused-ring (bicyclic) bond motifs is 1. The Bertz CT molecular complexity index is 662. The molecule has 0 aliphatic heterocycles. The molecule has 0 heterocycles. The zero-order chi connectivity index (χ0) is 20.3. The Labute approximate surface area is 171 Å². The molecule has 3 nitrogen and oxygen atoms in total. The van der Waals surface area contributed by atoms with Crippen molar-refractivity contribution < 1.29 is 9.84 Å². The highest BCUT2D eigenvalue weighted by Crippen LogP contribution is 2.59. The molecule has 0 aromatic heterocycles. The summed E-state index contributed by atoms with van der Waals surface area (Å²) in [7, 11) is 0. The molecule has 2 N–H and O–H groups in total. The number of nitrogens with one attached hydrogen (secondary N) is 1. The van der Waals surface area contributed by atoms with Crippen molar-refractivity contribution in [2.75, 3.05) is 19.8 Å². The summed E-state index contributed by atoms with van der Waals surface area (Å²) in [5.41, 5.74) is 4.53. The molecule has 3 heteroatoms. The van der Waals surface area contributed by atoms with Crippen LogP contribution < -0.4 is 5.32 Å². The van der Waals surface area contributed by atoms with E-state index in [9.17, 15) is 5.11 Å². The smallest absolute Gasteiger partial charge is 0.0898 e. The number of hydrogen-bond donors (Lipinski definition) is 2. The molecule has 2 bridgehead atoms. The highest BCUT2D eigenvalue weighted by molar-refractivity contribution is 5.25. The van der Waals surface area contributed by atoms with Crippen molar-refractivity contribution in [1.29, 1.82) is 0 Å². The van der Waals surface area contributed by atoms with E-state index in [0.717, 1.165) is 12.3 Å². The van der Waals surface area contributed by atoms with Crippen LogP contribution in [0.2, 0.25) is 0 Å². The predicted octanol–water partition coefficient (Wildman–Crippen LogP) is 4.91. The Morgan fingerprint density at radius 3 is 2.50 bits per heavy atom. The van der Waals surface area contributed by atoms with Gasteiger partial charge in [0.1, 0.15) is 0 Å². The molecular formula is C25H39NO2. The third-order valence-corrected chi connectivity index (χ3v) is 6.94. The second kappa shape index (κ2) is 9.11. The average Bonchev–Trinajstić information content (AvgIpc) is 2.66. The van der Waals surface area contributed by atoms with Gasteiger partial charge in [-0.05, 0) is 66.1 Å². The number of benzene rings is 1. The van der Waals surface area contributed by atoms with E-state index in [0.29, 0.717) is 37.0 Å². The van der Waals surface area contributed by atoms with E-state index < -0.39 is 6.10 Å². The third-order valence-electron chi connectivity index (χ3n) is 6.94. The molecule has 1 saturated carbocycles. The normalized spacial score (nSPS) is 25.2. The molecule has 0 unspecified atom stereocenters. The lowest BCUT2D eigenvalue weighted by molar-refractivity contribution is -0.0236. The molecule has 4 atom stereocenters. The maximum absolute atomic E-state index is 10.3. The lowest BCUT2D eigenvalue weighted by Crippen LogP contribution is -2.48. The van der Waals surface area contributed by atoms with Crippen LogP contribution in [0.25, 0.3) is 0 Å². The fraction of sp³-hybridized carbons (Fsp3) is 0.680. The van der Waals surface area contributed by atoms with Crippen LogP contribution in [0.15, 0.2) is 35.9 Å². The minimum absolute atomic E-state index is 0.219. The van der Waals surface area contributed by atoms with Crippen LogP contribution in [-0.2, 0) is 11.2 Å². The maximum atomic E-state index is 10.3. The van der Waals surface area contributed by atoms with Crippen molar-refractivity contribution in [2.45, 2.75) is 66.0 Å². The minimum atomic E-state index is -0.478. The molecule has 1 fully saturated rings. The molecule has 1 aromatic carbocycles. The summed E-state index contributed by atoms with van der Waals surface area (Å²) in [6.45, 7) is 13.0. The van der Waals surface area contributed by atoms with Gasteiger partial charge in [-0.2, -0.15) is 0 Å². The summed E-state index contributed by atoms with van der Waals surface area (Å²) in [6.07, 6.45) is 5.53. The van der Waals surface area contributed by atoms with E-state index in [-0.39, 0.29) is 6.04 Å². The number of aliphatic hydroxyl groups is 1. The van der Waals surface area contributed by atoms with Crippen molar-refractivity contribution in [3.8, 4) is 0 Å². The van der Waals surface area contributed by atoms with Gasteiger partial charge in [0, 0.05) is 12.6 Å². The maximum Gasteiger partial charge on any atom is 0.0898 e. The minimum Gasteiger partial charge on any atom is -0.389 e. The monoisotopic (exact) mass is 385 g/mol. The Kier molecular flexibility index (Phi) is 7.01. The van der Waals surface area contributed by atoms with E-state index in [2.05, 4.69) is 70.3 Å². The van der Waals surface area contributed by atoms with Crippen molar-refractivity contribution in [3.05, 3.63) is 47.0 Å². The van der Waals surface area contributed by atoms with Crippen LogP contribution in [0.1, 0.15) is 64.6 Å². The first-order valence-electron chi connectivity index (χ1n) is 11.0. The topological polar surface area (TPSA) is 41.5 Å². The molecule has 4 rings (SSSR count). The fourth-order valence-electron chi connectivity index (χ4n) is 4.86. The molecule has 3 aliphatic carbocycles. The van der Waals surface area contributed by atoms with Crippen LogP contribution in [0, 0.1) is 23.2 Å². The molecule has 0 radical (unpaired) electrons. The zero-order valence-electron chi connectivity index (χ0n) is 18.4. The third kappa shape index (κ3) is 5.06. The second-order valence-corrected chi connectivity index (χ2v) is 9.96. The molecular weight excluding hydrogens is 346 g/mol. The predicted molar refractivity (Wildman–Crippen MR) is 116 cm³/mol. The number of hydrogen-bond acceptors (Lipinski definition) is 3. The van der Waals surface area contributed by atoms with Gasteiger partial charge in [0.25, 0.3) is 0 Å². The van der Waals surface area contributed by atoms with Crippen LogP contribution in [0.3, 0.4) is 0 Å². The van der Waals surface area contributed by atoms with Gasteiger partial charge in [0.15, 0.2) is 0 Å². The van der Waals surface area contributed by atoms with Crippen LogP contribution >= 0.6 is 0 Å². The largest absolute Gasteiger partial charge is 0.389 e. The highest BCUT2D eigenvalue weighted by Gasteiger charge is 2.50. The molecule has 1 aromatic rings. The Morgan fingerprint density at radius 2 is 1.89 bits per heavy atom. The van der Waals surface area contributed by atoms with E-state index in [1.54, 1.807) is 0 Å². The van der Waals surface area contributed by atoms with Crippen molar-refractivity contribution >= 4 is 0 Å². The van der Waals surface area contributed by atoms with Crippen molar-refractivity contribution in [1.82, 2.24) is 5.32 Å². The lowest BCUT2D eigenvalue weighted by atomic mass is 9.49. The first-order valence-corrected chi connectivity index (χ1v) is 11.0. The summed E-state index contributed by atoms with van der Waals surface area (Å²) < 4.78 is 5.86. The fourth-order valence-corrected chi connectivity index (χ4v) is 4.86. The van der Waals surface area contributed by atoms with E-state index in [4.69, 9.17) is 4.74 Å². The first kappa shape index (κ1) is 21.5. The van der Waals surface area contributed by atoms with Gasteiger partial charge in [-0.15, -0.1) is 0 Å². The summed E-state index contributed by atoms with van der Waals surface area (Å²) in [5.74, 6) is 2.22. The second-order valence-electron chi connectivity index (χ2n) is 9.96. The van der Waals surface area contributed by atoms with E-state index >= 15 is 0 Å². The van der Waals surface area contributed by atoms with Gasteiger partial charge in [-0.1, -0.05) is 58.0 Å². The Hall–Kier alpha value is -1.16. The van der Waals surface area contributed by atoms with Gasteiger partial charge in [0.2, 0.25) is 0 Å². The van der Waals surface area contributed by atoms with Gasteiger partial charge < -0.3 is 15.2 Å². The SMILES string of the molecule is CC(C)Cc1ccc([C@H](C)NC[C@@H](O)COCC2=CC[C@H]3C[C@@H]2C3(C)C)cc1. The molecule has 0 amide bonds. The Morgan fingerprint density at radius 1 is 1.18 bits per heavy atom. The summed E-state index contributed by atoms with van der Waals surface area (Å²) in [5, 5.41) is 13.7. The number of ether oxygens (including phenoxy) is 1. The Balaban J connectivity index is 1.36. The van der Waals surface area contributed by atoms with Gasteiger partial charge in [-0.3, -0.25) is 0 Å². The number of allylic oxidation sites excluding steroid dienone is 1. The van der Waals surface area contributed by atoms with Gasteiger partial charge >= 0.3 is 0 Å². The molecule has 0 saturated heterocycles. The highest BCUT2D eigenvalue weighted by atomic mass is 16.5. The van der Waals surface area contributed by atoms with Crippen LogP contribution in [0.5, 0.6) is 0 Å². The average molecular weight is 386 g/mol. The molecule has 28 heavy (non-hydrogen) atoms. The van der Waals surface area contributed by atoms with E-state index in [1.165, 1.54) is 29.5 Å². The summed E-state index contributed by atoms with van der Waals surface area (Å²) in [4.78, 5) is 0.